The first-order valence-electron chi connectivity index (χ1n) is 12.0. The number of nitrogens with one attached hydrogen (secondary N) is 1. The van der Waals surface area contributed by atoms with Crippen LogP contribution in [-0.2, 0) is 27.2 Å². The average molecular weight is 628 g/mol. The van der Waals surface area contributed by atoms with Crippen molar-refractivity contribution in [2.45, 2.75) is 13.0 Å². The van der Waals surface area contributed by atoms with Crippen LogP contribution in [0.4, 0.5) is 5.69 Å². The average Bonchev–Trinajstić information content (AvgIpc) is 3.40. The number of methoxy groups -OCH3 is 1. The first kappa shape index (κ1) is 27.3. The second-order valence-electron chi connectivity index (χ2n) is 8.75. The predicted octanol–water partition coefficient (Wildman–Crippen LogP) is 4.79. The number of halogens is 1. The topological polar surface area (TPSA) is 86.3 Å². The molecule has 1 N–H and O–H groups in total. The molecule has 0 spiro atoms. The highest BCUT2D eigenvalue weighted by atomic mass is 127. The Kier molecular flexibility index (Phi) is 9.11. The smallest absolute Gasteiger partial charge is 0.358 e. The number of aldehydes is 1. The van der Waals surface area contributed by atoms with Crippen molar-refractivity contribution >= 4 is 46.3 Å². The SMILES string of the molecule is COC(=O)/C(NCc1ccc2c(c1)OCO2)=C(\OCCc1ccc(N(C)C)cc1)c1cc(I)ccc1C=O. The summed E-state index contributed by atoms with van der Waals surface area (Å²) in [6.45, 7) is 0.753. The Morgan fingerprint density at radius 3 is 2.47 bits per heavy atom. The zero-order chi connectivity index (χ0) is 27.1. The monoisotopic (exact) mass is 628 g/mol. The van der Waals surface area contributed by atoms with Gasteiger partial charge in [-0.3, -0.25) is 4.79 Å². The number of hydrogen-bond donors (Lipinski definition) is 1. The van der Waals surface area contributed by atoms with Crippen molar-refractivity contribution in [1.82, 2.24) is 5.32 Å². The molecule has 0 saturated carbocycles. The molecule has 0 amide bonds. The summed E-state index contributed by atoms with van der Waals surface area (Å²) in [5, 5.41) is 3.18. The van der Waals surface area contributed by atoms with Crippen molar-refractivity contribution < 1.29 is 28.5 Å². The van der Waals surface area contributed by atoms with Gasteiger partial charge < -0.3 is 29.2 Å². The molecular formula is C29H29IN2O6. The minimum atomic E-state index is -0.605. The van der Waals surface area contributed by atoms with E-state index in [9.17, 15) is 9.59 Å². The number of hydrogen-bond acceptors (Lipinski definition) is 8. The van der Waals surface area contributed by atoms with E-state index in [1.165, 1.54) is 7.11 Å². The van der Waals surface area contributed by atoms with Crippen LogP contribution in [0.2, 0.25) is 0 Å². The zero-order valence-corrected chi connectivity index (χ0v) is 23.6. The lowest BCUT2D eigenvalue weighted by Gasteiger charge is -2.19. The molecule has 0 bridgehead atoms. The van der Waals surface area contributed by atoms with Gasteiger partial charge in [-0.15, -0.1) is 0 Å². The van der Waals surface area contributed by atoms with Gasteiger partial charge in [-0.05, 0) is 76.2 Å². The molecule has 3 aromatic rings. The van der Waals surface area contributed by atoms with Gasteiger partial charge in [-0.1, -0.05) is 18.2 Å². The summed E-state index contributed by atoms with van der Waals surface area (Å²) in [4.78, 5) is 27.0. The molecule has 0 unspecified atom stereocenters. The van der Waals surface area contributed by atoms with Crippen molar-refractivity contribution in [2.75, 3.05) is 39.5 Å². The van der Waals surface area contributed by atoms with Gasteiger partial charge in [0.25, 0.3) is 0 Å². The van der Waals surface area contributed by atoms with E-state index in [0.29, 0.717) is 35.6 Å². The molecule has 0 saturated heterocycles. The Morgan fingerprint density at radius 1 is 1.03 bits per heavy atom. The summed E-state index contributed by atoms with van der Waals surface area (Å²) < 4.78 is 23.1. The number of fused-ring (bicyclic) bond motifs is 1. The van der Waals surface area contributed by atoms with E-state index in [0.717, 1.165) is 26.7 Å². The maximum absolute atomic E-state index is 13.0. The normalized spacial score (nSPS) is 12.4. The minimum Gasteiger partial charge on any atom is -0.490 e. The van der Waals surface area contributed by atoms with Crippen molar-refractivity contribution in [3.63, 3.8) is 0 Å². The van der Waals surface area contributed by atoms with E-state index in [4.69, 9.17) is 18.9 Å². The number of nitrogens with zero attached hydrogens (tertiary/aromatic N) is 1. The van der Waals surface area contributed by atoms with E-state index in [-0.39, 0.29) is 24.9 Å². The van der Waals surface area contributed by atoms with E-state index < -0.39 is 5.97 Å². The predicted molar refractivity (Wildman–Crippen MR) is 153 cm³/mol. The van der Waals surface area contributed by atoms with Crippen LogP contribution in [-0.4, -0.2) is 46.9 Å². The van der Waals surface area contributed by atoms with Crippen LogP contribution in [0.1, 0.15) is 27.0 Å². The molecule has 1 aliphatic rings. The molecule has 0 radical (unpaired) electrons. The van der Waals surface area contributed by atoms with Gasteiger partial charge in [0, 0.05) is 47.4 Å². The van der Waals surface area contributed by atoms with Crippen LogP contribution in [0, 0.1) is 3.57 Å². The number of carbonyl (C=O) groups is 2. The summed E-state index contributed by atoms with van der Waals surface area (Å²) in [5.74, 6) is 0.968. The number of carbonyl (C=O) groups excluding carboxylic acids is 2. The molecule has 0 fully saturated rings. The second kappa shape index (κ2) is 12.7. The molecule has 8 nitrogen and oxygen atoms in total. The molecule has 0 atom stereocenters. The van der Waals surface area contributed by atoms with Crippen molar-refractivity contribution in [1.29, 1.82) is 0 Å². The third kappa shape index (κ3) is 6.58. The van der Waals surface area contributed by atoms with Gasteiger partial charge >= 0.3 is 5.97 Å². The Morgan fingerprint density at radius 2 is 1.76 bits per heavy atom. The van der Waals surface area contributed by atoms with Crippen molar-refractivity contribution in [3.8, 4) is 11.5 Å². The van der Waals surface area contributed by atoms with Gasteiger partial charge in [0.1, 0.15) is 0 Å². The van der Waals surface area contributed by atoms with E-state index in [1.54, 1.807) is 6.07 Å². The minimum absolute atomic E-state index is 0.123. The summed E-state index contributed by atoms with van der Waals surface area (Å²) in [6.07, 6.45) is 1.36. The Bertz CT molecular complexity index is 1340. The summed E-state index contributed by atoms with van der Waals surface area (Å²) in [5.41, 5.74) is 4.09. The van der Waals surface area contributed by atoms with Crippen molar-refractivity contribution in [2.24, 2.45) is 0 Å². The fourth-order valence-corrected chi connectivity index (χ4v) is 4.42. The van der Waals surface area contributed by atoms with Crippen LogP contribution in [0.25, 0.3) is 5.76 Å². The molecular weight excluding hydrogens is 599 g/mol. The first-order chi connectivity index (χ1) is 18.4. The number of rotatable bonds is 11. The number of benzene rings is 3. The third-order valence-corrected chi connectivity index (χ3v) is 6.67. The summed E-state index contributed by atoms with van der Waals surface area (Å²) in [6, 6.07) is 19.1. The third-order valence-electron chi connectivity index (χ3n) is 6.00. The Balaban J connectivity index is 1.64. The lowest BCUT2D eigenvalue weighted by molar-refractivity contribution is -0.136. The Hall–Kier alpha value is -3.73. The molecule has 9 heteroatoms. The van der Waals surface area contributed by atoms with Crippen LogP contribution in [0.3, 0.4) is 0 Å². The highest BCUT2D eigenvalue weighted by Gasteiger charge is 2.23. The van der Waals surface area contributed by atoms with E-state index in [1.807, 2.05) is 73.6 Å². The largest absolute Gasteiger partial charge is 0.490 e. The van der Waals surface area contributed by atoms with Gasteiger partial charge in [0.05, 0.1) is 13.7 Å². The zero-order valence-electron chi connectivity index (χ0n) is 21.5. The fraction of sp³-hybridized carbons (Fsp3) is 0.241. The highest BCUT2D eigenvalue weighted by molar-refractivity contribution is 14.1. The van der Waals surface area contributed by atoms with Crippen molar-refractivity contribution in [3.05, 3.63) is 92.2 Å². The molecule has 4 rings (SSSR count). The molecule has 1 aliphatic heterocycles. The van der Waals surface area contributed by atoms with E-state index in [2.05, 4.69) is 27.9 Å². The van der Waals surface area contributed by atoms with Crippen LogP contribution in [0.5, 0.6) is 11.5 Å². The quantitative estimate of drug-likeness (QED) is 0.107. The van der Waals surface area contributed by atoms with E-state index >= 15 is 0 Å². The molecule has 38 heavy (non-hydrogen) atoms. The molecule has 0 aromatic heterocycles. The first-order valence-corrected chi connectivity index (χ1v) is 13.1. The van der Waals surface area contributed by atoms with Crippen LogP contribution >= 0.6 is 22.6 Å². The number of esters is 1. The van der Waals surface area contributed by atoms with Gasteiger partial charge in [0.2, 0.25) is 6.79 Å². The number of ether oxygens (including phenoxy) is 4. The van der Waals surface area contributed by atoms with Gasteiger partial charge in [-0.2, -0.15) is 0 Å². The molecule has 198 valence electrons. The van der Waals surface area contributed by atoms with Crippen LogP contribution in [0.15, 0.2) is 66.4 Å². The Labute approximate surface area is 235 Å². The highest BCUT2D eigenvalue weighted by Crippen LogP contribution is 2.33. The van der Waals surface area contributed by atoms with Gasteiger partial charge in [0.15, 0.2) is 29.2 Å². The lowest BCUT2D eigenvalue weighted by atomic mass is 10.0. The molecule has 3 aromatic carbocycles. The second-order valence-corrected chi connectivity index (χ2v) is 9.99. The lowest BCUT2D eigenvalue weighted by Crippen LogP contribution is -2.24. The maximum Gasteiger partial charge on any atom is 0.358 e. The number of anilines is 1. The maximum atomic E-state index is 13.0. The summed E-state index contributed by atoms with van der Waals surface area (Å²) in [7, 11) is 5.29. The standard InChI is InChI=1S/C29H29IN2O6/c1-32(2)23-9-4-19(5-10-23)12-13-36-28(24-15-22(30)8-7-21(24)17-33)27(29(34)35-3)31-16-20-6-11-25-26(14-20)38-18-37-25/h4-11,14-15,17,31H,12-13,16,18H2,1-3H3/b28-27+. The molecule has 0 aliphatic carbocycles. The van der Waals surface area contributed by atoms with Crippen LogP contribution < -0.4 is 19.7 Å². The fourth-order valence-electron chi connectivity index (χ4n) is 3.93. The summed E-state index contributed by atoms with van der Waals surface area (Å²) >= 11 is 2.16. The van der Waals surface area contributed by atoms with Gasteiger partial charge in [-0.25, -0.2) is 4.79 Å². The molecule has 1 heterocycles.